The highest BCUT2D eigenvalue weighted by molar-refractivity contribution is 6.30. The number of hydrogen-bond donors (Lipinski definition) is 1. The van der Waals surface area contributed by atoms with E-state index in [0.717, 1.165) is 11.1 Å². The lowest BCUT2D eigenvalue weighted by molar-refractivity contribution is -0.140. The number of likely N-dealkylation sites (N-methyl/N-ethyl adjacent to an activating group) is 1. The first-order chi connectivity index (χ1) is 12.5. The van der Waals surface area contributed by atoms with E-state index in [1.165, 1.54) is 0 Å². The molecule has 0 aliphatic heterocycles. The molecular formula is C21H25ClN2O2. The summed E-state index contributed by atoms with van der Waals surface area (Å²) in [6.07, 6.45) is 0.767. The summed E-state index contributed by atoms with van der Waals surface area (Å²) in [4.78, 5) is 27.2. The summed E-state index contributed by atoms with van der Waals surface area (Å²) in [5.41, 5.74) is 1.83. The fraction of sp³-hybridized carbons (Fsp3) is 0.333. The minimum absolute atomic E-state index is 0.0887. The molecule has 0 saturated carbocycles. The van der Waals surface area contributed by atoms with Crippen molar-refractivity contribution in [2.24, 2.45) is 0 Å². The Labute approximate surface area is 160 Å². The van der Waals surface area contributed by atoms with Gasteiger partial charge in [-0.3, -0.25) is 9.59 Å². The molecule has 0 aliphatic carbocycles. The van der Waals surface area contributed by atoms with Crippen molar-refractivity contribution in [3.05, 3.63) is 70.7 Å². The Hall–Kier alpha value is -2.33. The van der Waals surface area contributed by atoms with Gasteiger partial charge in [0.1, 0.15) is 6.04 Å². The van der Waals surface area contributed by atoms with Crippen molar-refractivity contribution in [1.82, 2.24) is 10.2 Å². The van der Waals surface area contributed by atoms with Crippen LogP contribution in [0.4, 0.5) is 0 Å². The van der Waals surface area contributed by atoms with Gasteiger partial charge in [-0.15, -0.1) is 0 Å². The maximum atomic E-state index is 13.0. The molecule has 0 fully saturated rings. The fourth-order valence-corrected chi connectivity index (χ4v) is 3.13. The summed E-state index contributed by atoms with van der Waals surface area (Å²) in [6.45, 7) is 4.73. The molecule has 4 nitrogen and oxygen atoms in total. The van der Waals surface area contributed by atoms with Gasteiger partial charge in [0.15, 0.2) is 0 Å². The molecule has 2 aromatic rings. The quantitative estimate of drug-likeness (QED) is 0.765. The zero-order chi connectivity index (χ0) is 18.9. The first-order valence-electron chi connectivity index (χ1n) is 8.90. The molecule has 2 rings (SSSR count). The molecule has 26 heavy (non-hydrogen) atoms. The molecule has 138 valence electrons. The molecule has 0 bridgehead atoms. The van der Waals surface area contributed by atoms with Gasteiger partial charge in [-0.2, -0.15) is 0 Å². The summed E-state index contributed by atoms with van der Waals surface area (Å²) in [7, 11) is 0. The molecule has 1 atom stereocenters. The van der Waals surface area contributed by atoms with Crippen LogP contribution in [0.1, 0.15) is 31.4 Å². The Bertz CT molecular complexity index is 734. The average Bonchev–Trinajstić information content (AvgIpc) is 2.62. The number of benzene rings is 2. The Morgan fingerprint density at radius 3 is 2.35 bits per heavy atom. The summed E-state index contributed by atoms with van der Waals surface area (Å²) in [5, 5.41) is 3.43. The van der Waals surface area contributed by atoms with Gasteiger partial charge >= 0.3 is 0 Å². The predicted molar refractivity (Wildman–Crippen MR) is 105 cm³/mol. The maximum absolute atomic E-state index is 13.0. The van der Waals surface area contributed by atoms with Crippen LogP contribution in [0.5, 0.6) is 0 Å². The minimum Gasteiger partial charge on any atom is -0.355 e. The maximum Gasteiger partial charge on any atom is 0.242 e. The Morgan fingerprint density at radius 1 is 1.04 bits per heavy atom. The van der Waals surface area contributed by atoms with Crippen LogP contribution in [0.15, 0.2) is 54.6 Å². The highest BCUT2D eigenvalue weighted by Gasteiger charge is 2.28. The van der Waals surface area contributed by atoms with E-state index in [1.54, 1.807) is 17.0 Å². The van der Waals surface area contributed by atoms with Crippen molar-refractivity contribution in [3.8, 4) is 0 Å². The summed E-state index contributed by atoms with van der Waals surface area (Å²) in [5.74, 6) is -0.209. The minimum atomic E-state index is -0.498. The van der Waals surface area contributed by atoms with Gasteiger partial charge in [0, 0.05) is 18.1 Å². The van der Waals surface area contributed by atoms with Crippen LogP contribution in [-0.2, 0) is 22.6 Å². The summed E-state index contributed by atoms with van der Waals surface area (Å²) in [6, 6.07) is 16.5. The van der Waals surface area contributed by atoms with Crippen molar-refractivity contribution >= 4 is 23.4 Å². The molecule has 2 amide bonds. The van der Waals surface area contributed by atoms with Gasteiger partial charge in [0.05, 0.1) is 6.42 Å². The number of amides is 2. The van der Waals surface area contributed by atoms with Crippen molar-refractivity contribution < 1.29 is 9.59 Å². The van der Waals surface area contributed by atoms with Gasteiger partial charge < -0.3 is 10.2 Å². The van der Waals surface area contributed by atoms with E-state index in [2.05, 4.69) is 5.32 Å². The van der Waals surface area contributed by atoms with E-state index in [0.29, 0.717) is 24.5 Å². The van der Waals surface area contributed by atoms with E-state index < -0.39 is 6.04 Å². The molecule has 0 saturated heterocycles. The second-order valence-electron chi connectivity index (χ2n) is 6.13. The number of carbonyl (C=O) groups excluding carboxylic acids is 2. The van der Waals surface area contributed by atoms with Crippen molar-refractivity contribution in [2.75, 3.05) is 6.54 Å². The number of rotatable bonds is 8. The lowest BCUT2D eigenvalue weighted by atomic mass is 10.1. The normalized spacial score (nSPS) is 11.7. The Kier molecular flexibility index (Phi) is 7.67. The smallest absolute Gasteiger partial charge is 0.242 e. The number of nitrogens with one attached hydrogen (secondary N) is 1. The van der Waals surface area contributed by atoms with Gasteiger partial charge in [-0.25, -0.2) is 0 Å². The van der Waals surface area contributed by atoms with Crippen LogP contribution >= 0.6 is 11.6 Å². The molecule has 0 aromatic heterocycles. The van der Waals surface area contributed by atoms with E-state index in [4.69, 9.17) is 11.6 Å². The molecule has 5 heteroatoms. The number of hydrogen-bond acceptors (Lipinski definition) is 2. The average molecular weight is 373 g/mol. The highest BCUT2D eigenvalue weighted by atomic mass is 35.5. The molecule has 0 radical (unpaired) electrons. The van der Waals surface area contributed by atoms with E-state index in [-0.39, 0.29) is 18.2 Å². The van der Waals surface area contributed by atoms with E-state index in [1.807, 2.05) is 56.3 Å². The van der Waals surface area contributed by atoms with Gasteiger partial charge in [0.2, 0.25) is 11.8 Å². The van der Waals surface area contributed by atoms with E-state index >= 15 is 0 Å². The molecule has 0 spiro atoms. The molecular weight excluding hydrogens is 348 g/mol. The molecule has 0 unspecified atom stereocenters. The van der Waals surface area contributed by atoms with Crippen LogP contribution < -0.4 is 5.32 Å². The van der Waals surface area contributed by atoms with Crippen LogP contribution in [-0.4, -0.2) is 29.3 Å². The highest BCUT2D eigenvalue weighted by Crippen LogP contribution is 2.16. The second kappa shape index (κ2) is 9.97. The van der Waals surface area contributed by atoms with Gasteiger partial charge in [0.25, 0.3) is 0 Å². The van der Waals surface area contributed by atoms with Gasteiger partial charge in [-0.05, 0) is 36.6 Å². The molecule has 1 N–H and O–H groups in total. The first kappa shape index (κ1) is 20.0. The number of nitrogens with zero attached hydrogens (tertiary/aromatic N) is 1. The molecule has 2 aromatic carbocycles. The topological polar surface area (TPSA) is 49.4 Å². The van der Waals surface area contributed by atoms with Crippen molar-refractivity contribution in [1.29, 1.82) is 0 Å². The second-order valence-corrected chi connectivity index (χ2v) is 6.57. The monoisotopic (exact) mass is 372 g/mol. The number of carbonyl (C=O) groups is 2. The third-order valence-electron chi connectivity index (χ3n) is 4.18. The summed E-state index contributed by atoms with van der Waals surface area (Å²) < 4.78 is 0. The van der Waals surface area contributed by atoms with Gasteiger partial charge in [-0.1, -0.05) is 61.0 Å². The zero-order valence-electron chi connectivity index (χ0n) is 15.2. The standard InChI is InChI=1S/C21H25ClN2O2/c1-3-19(21(26)23-4-2)24(15-16-9-6-5-7-10-16)20(25)14-17-11-8-12-18(22)13-17/h5-13,19H,3-4,14-15H2,1-2H3,(H,23,26)/t19-/m0/s1. The zero-order valence-corrected chi connectivity index (χ0v) is 16.0. The third-order valence-corrected chi connectivity index (χ3v) is 4.41. The van der Waals surface area contributed by atoms with Crippen molar-refractivity contribution in [2.45, 2.75) is 39.3 Å². The van der Waals surface area contributed by atoms with Crippen molar-refractivity contribution in [3.63, 3.8) is 0 Å². The number of halogens is 1. The fourth-order valence-electron chi connectivity index (χ4n) is 2.91. The first-order valence-corrected chi connectivity index (χ1v) is 9.28. The van der Waals surface area contributed by atoms with E-state index in [9.17, 15) is 9.59 Å². The van der Waals surface area contributed by atoms with Crippen LogP contribution in [0.3, 0.4) is 0 Å². The van der Waals surface area contributed by atoms with Crippen LogP contribution in [0.2, 0.25) is 5.02 Å². The van der Waals surface area contributed by atoms with Crippen LogP contribution in [0, 0.1) is 0 Å². The SMILES string of the molecule is CCNC(=O)[C@H](CC)N(Cc1ccccc1)C(=O)Cc1cccc(Cl)c1. The predicted octanol–water partition coefficient (Wildman–Crippen LogP) is 3.83. The summed E-state index contributed by atoms with van der Waals surface area (Å²) >= 11 is 6.03. The Morgan fingerprint density at radius 2 is 1.73 bits per heavy atom. The lowest BCUT2D eigenvalue weighted by Crippen LogP contribution is -2.49. The molecule has 0 heterocycles. The third kappa shape index (κ3) is 5.60. The van der Waals surface area contributed by atoms with Crippen LogP contribution in [0.25, 0.3) is 0 Å². The largest absolute Gasteiger partial charge is 0.355 e. The Balaban J connectivity index is 2.25. The molecule has 0 aliphatic rings. The lowest BCUT2D eigenvalue weighted by Gasteiger charge is -2.30.